The van der Waals surface area contributed by atoms with Gasteiger partial charge in [0.25, 0.3) is 0 Å². The molecule has 0 aliphatic heterocycles. The van der Waals surface area contributed by atoms with Crippen molar-refractivity contribution in [2.24, 2.45) is 0 Å². The summed E-state index contributed by atoms with van der Waals surface area (Å²) in [4.78, 5) is 21.3. The first-order valence-corrected chi connectivity index (χ1v) is 11.4. The van der Waals surface area contributed by atoms with E-state index in [0.717, 1.165) is 33.3 Å². The predicted molar refractivity (Wildman–Crippen MR) is 119 cm³/mol. The van der Waals surface area contributed by atoms with Crippen molar-refractivity contribution < 1.29 is 9.53 Å². The summed E-state index contributed by atoms with van der Waals surface area (Å²) in [5.41, 5.74) is 2.84. The number of benzene rings is 2. The highest BCUT2D eigenvalue weighted by Gasteiger charge is 2.10. The molecule has 4 rings (SSSR count). The van der Waals surface area contributed by atoms with Crippen molar-refractivity contribution in [1.82, 2.24) is 9.97 Å². The van der Waals surface area contributed by atoms with Gasteiger partial charge in [-0.25, -0.2) is 9.97 Å². The van der Waals surface area contributed by atoms with Crippen molar-refractivity contribution in [1.29, 1.82) is 0 Å². The molecule has 0 saturated heterocycles. The Morgan fingerprint density at radius 2 is 1.96 bits per heavy atom. The number of para-hydroxylation sites is 1. The van der Waals surface area contributed by atoms with Gasteiger partial charge in [0.05, 0.1) is 28.8 Å². The van der Waals surface area contributed by atoms with Gasteiger partial charge < -0.3 is 10.1 Å². The average molecular weight is 428 g/mol. The van der Waals surface area contributed by atoms with Crippen LogP contribution in [0.5, 0.6) is 5.75 Å². The lowest BCUT2D eigenvalue weighted by atomic mass is 10.2. The number of methoxy groups -OCH3 is 1. The van der Waals surface area contributed by atoms with Crippen LogP contribution in [0.15, 0.2) is 53.9 Å². The molecule has 2 heterocycles. The minimum atomic E-state index is -0.0539. The Balaban J connectivity index is 1.29. The van der Waals surface area contributed by atoms with Gasteiger partial charge in [-0.05, 0) is 36.4 Å². The number of rotatable bonds is 7. The number of ether oxygens (including phenoxy) is 1. The van der Waals surface area contributed by atoms with E-state index in [9.17, 15) is 4.79 Å². The van der Waals surface area contributed by atoms with Crippen molar-refractivity contribution in [3.8, 4) is 17.0 Å². The highest BCUT2D eigenvalue weighted by atomic mass is 32.2. The number of thiazole rings is 2. The number of fused-ring (bicyclic) bond motifs is 1. The van der Waals surface area contributed by atoms with E-state index in [0.29, 0.717) is 10.9 Å². The Morgan fingerprint density at radius 3 is 2.75 bits per heavy atom. The molecular weight excluding hydrogens is 410 g/mol. The summed E-state index contributed by atoms with van der Waals surface area (Å²) in [6.45, 7) is 0. The number of thioether (sulfide) groups is 1. The van der Waals surface area contributed by atoms with Gasteiger partial charge in [0.15, 0.2) is 5.13 Å². The molecular formula is C20H17N3O2S3. The van der Waals surface area contributed by atoms with Gasteiger partial charge in [0.1, 0.15) is 10.8 Å². The maximum absolute atomic E-state index is 12.2. The maximum Gasteiger partial charge on any atom is 0.236 e. The standard InChI is InChI=1S/C20H17N3O2S3/c1-25-14-8-6-13(7-9-14)16-10-27-20(22-16)23-18(24)11-26-12-19-21-15-4-2-3-5-17(15)28-19/h2-10H,11-12H2,1H3,(H,22,23,24). The van der Waals surface area contributed by atoms with Crippen LogP contribution in [0.4, 0.5) is 5.13 Å². The van der Waals surface area contributed by atoms with E-state index in [-0.39, 0.29) is 5.91 Å². The van der Waals surface area contributed by atoms with Crippen molar-refractivity contribution in [2.45, 2.75) is 5.75 Å². The van der Waals surface area contributed by atoms with Crippen LogP contribution in [-0.2, 0) is 10.5 Å². The molecule has 1 amide bonds. The summed E-state index contributed by atoms with van der Waals surface area (Å²) < 4.78 is 6.35. The van der Waals surface area contributed by atoms with Crippen molar-refractivity contribution in [3.63, 3.8) is 0 Å². The molecule has 0 aliphatic rings. The largest absolute Gasteiger partial charge is 0.497 e. The van der Waals surface area contributed by atoms with Gasteiger partial charge in [-0.3, -0.25) is 4.79 Å². The number of nitrogens with zero attached hydrogens (tertiary/aromatic N) is 2. The topological polar surface area (TPSA) is 64.1 Å². The predicted octanol–water partition coefficient (Wildman–Crippen LogP) is 5.30. The van der Waals surface area contributed by atoms with E-state index in [4.69, 9.17) is 4.74 Å². The molecule has 0 spiro atoms. The summed E-state index contributed by atoms with van der Waals surface area (Å²) in [5, 5.41) is 6.45. The van der Waals surface area contributed by atoms with Gasteiger partial charge in [-0.1, -0.05) is 12.1 Å². The van der Waals surface area contributed by atoms with Gasteiger partial charge in [0, 0.05) is 16.7 Å². The lowest BCUT2D eigenvalue weighted by molar-refractivity contribution is -0.113. The highest BCUT2D eigenvalue weighted by Crippen LogP contribution is 2.27. The first-order valence-electron chi connectivity index (χ1n) is 8.53. The van der Waals surface area contributed by atoms with Crippen molar-refractivity contribution >= 4 is 55.7 Å². The average Bonchev–Trinajstić information content (AvgIpc) is 3.34. The van der Waals surface area contributed by atoms with Crippen LogP contribution in [0.1, 0.15) is 5.01 Å². The molecule has 0 unspecified atom stereocenters. The smallest absolute Gasteiger partial charge is 0.236 e. The van der Waals surface area contributed by atoms with E-state index in [1.54, 1.807) is 30.2 Å². The Hall–Kier alpha value is -2.42. The SMILES string of the molecule is COc1ccc(-c2csc(NC(=O)CSCc3nc4ccccc4s3)n2)cc1. The third-order valence-electron chi connectivity index (χ3n) is 3.93. The van der Waals surface area contributed by atoms with E-state index >= 15 is 0 Å². The highest BCUT2D eigenvalue weighted by molar-refractivity contribution is 7.99. The van der Waals surface area contributed by atoms with E-state index in [1.807, 2.05) is 47.8 Å². The number of aromatic nitrogens is 2. The molecule has 0 aliphatic carbocycles. The normalized spacial score (nSPS) is 10.9. The lowest BCUT2D eigenvalue weighted by Gasteiger charge is -2.01. The quantitative estimate of drug-likeness (QED) is 0.434. The Kier molecular flexibility index (Phi) is 5.90. The third-order valence-corrected chi connectivity index (χ3v) is 6.85. The van der Waals surface area contributed by atoms with Crippen LogP contribution >= 0.6 is 34.4 Å². The third kappa shape index (κ3) is 4.52. The summed E-state index contributed by atoms with van der Waals surface area (Å²) in [5.74, 6) is 1.84. The molecule has 8 heteroatoms. The number of carbonyl (C=O) groups excluding carboxylic acids is 1. The van der Waals surface area contributed by atoms with Gasteiger partial charge in [-0.15, -0.1) is 34.4 Å². The van der Waals surface area contributed by atoms with Gasteiger partial charge >= 0.3 is 0 Å². The number of nitrogens with one attached hydrogen (secondary N) is 1. The zero-order valence-corrected chi connectivity index (χ0v) is 17.5. The molecule has 0 saturated carbocycles. The van der Waals surface area contributed by atoms with Gasteiger partial charge in [-0.2, -0.15) is 0 Å². The Morgan fingerprint density at radius 1 is 1.14 bits per heavy atom. The first-order chi connectivity index (χ1) is 13.7. The molecule has 4 aromatic rings. The van der Waals surface area contributed by atoms with Crippen LogP contribution in [0.2, 0.25) is 0 Å². The summed E-state index contributed by atoms with van der Waals surface area (Å²) in [6.07, 6.45) is 0. The molecule has 2 aromatic heterocycles. The molecule has 28 heavy (non-hydrogen) atoms. The van der Waals surface area contributed by atoms with E-state index < -0.39 is 0 Å². The first kappa shape index (κ1) is 18.9. The molecule has 0 atom stereocenters. The number of carbonyl (C=O) groups is 1. The van der Waals surface area contributed by atoms with E-state index in [1.165, 1.54) is 16.0 Å². The summed E-state index contributed by atoms with van der Waals surface area (Å²) in [7, 11) is 1.64. The van der Waals surface area contributed by atoms with Gasteiger partial charge in [0.2, 0.25) is 5.91 Å². The number of hydrogen-bond donors (Lipinski definition) is 1. The number of amides is 1. The molecule has 0 radical (unpaired) electrons. The Labute approximate surface area is 174 Å². The fraction of sp³-hybridized carbons (Fsp3) is 0.150. The fourth-order valence-electron chi connectivity index (χ4n) is 2.59. The van der Waals surface area contributed by atoms with Crippen molar-refractivity contribution in [2.75, 3.05) is 18.2 Å². The van der Waals surface area contributed by atoms with Crippen molar-refractivity contribution in [3.05, 3.63) is 58.9 Å². The zero-order chi connectivity index (χ0) is 19.3. The minimum Gasteiger partial charge on any atom is -0.497 e. The molecule has 1 N–H and O–H groups in total. The molecule has 2 aromatic carbocycles. The van der Waals surface area contributed by atoms with Crippen LogP contribution in [-0.4, -0.2) is 28.7 Å². The number of hydrogen-bond acceptors (Lipinski definition) is 7. The van der Waals surface area contributed by atoms with Crippen LogP contribution in [0.3, 0.4) is 0 Å². The number of anilines is 1. The second kappa shape index (κ2) is 8.72. The molecule has 5 nitrogen and oxygen atoms in total. The van der Waals surface area contributed by atoms with Crippen LogP contribution in [0, 0.1) is 0 Å². The second-order valence-corrected chi connectivity index (χ2v) is 8.84. The summed E-state index contributed by atoms with van der Waals surface area (Å²) in [6, 6.07) is 15.8. The minimum absolute atomic E-state index is 0.0539. The maximum atomic E-state index is 12.2. The lowest BCUT2D eigenvalue weighted by Crippen LogP contribution is -2.13. The molecule has 142 valence electrons. The monoisotopic (exact) mass is 427 g/mol. The zero-order valence-electron chi connectivity index (χ0n) is 15.0. The fourth-order valence-corrected chi connectivity index (χ4v) is 5.18. The molecule has 0 bridgehead atoms. The molecule has 0 fully saturated rings. The van der Waals surface area contributed by atoms with E-state index in [2.05, 4.69) is 21.4 Å². The van der Waals surface area contributed by atoms with Crippen LogP contribution in [0.25, 0.3) is 21.5 Å². The van der Waals surface area contributed by atoms with Crippen LogP contribution < -0.4 is 10.1 Å². The summed E-state index contributed by atoms with van der Waals surface area (Å²) >= 11 is 4.65. The second-order valence-electron chi connectivity index (χ2n) is 5.88. The Bertz CT molecular complexity index is 1060.